The van der Waals surface area contributed by atoms with Gasteiger partial charge in [-0.15, -0.1) is 10.2 Å². The number of carbonyl (C=O) groups excluding carboxylic acids is 1. The Morgan fingerprint density at radius 1 is 1.00 bits per heavy atom. The van der Waals surface area contributed by atoms with Crippen molar-refractivity contribution in [3.8, 4) is 22.9 Å². The van der Waals surface area contributed by atoms with E-state index in [9.17, 15) is 4.79 Å². The summed E-state index contributed by atoms with van der Waals surface area (Å²) in [5.74, 6) is 0.788. The quantitative estimate of drug-likeness (QED) is 0.592. The summed E-state index contributed by atoms with van der Waals surface area (Å²) in [6, 6.07) is 15.0. The Hall–Kier alpha value is -2.99. The van der Waals surface area contributed by atoms with Gasteiger partial charge in [-0.1, -0.05) is 17.7 Å². The number of nitrogens with zero attached hydrogens (tertiary/aromatic N) is 2. The maximum atomic E-state index is 12.2. The van der Waals surface area contributed by atoms with E-state index in [0.29, 0.717) is 30.5 Å². The van der Waals surface area contributed by atoms with Crippen molar-refractivity contribution in [2.75, 3.05) is 13.2 Å². The van der Waals surface area contributed by atoms with Crippen molar-refractivity contribution in [1.82, 2.24) is 15.5 Å². The second kappa shape index (κ2) is 9.28. The van der Waals surface area contributed by atoms with E-state index < -0.39 is 0 Å². The van der Waals surface area contributed by atoms with Gasteiger partial charge in [0.05, 0.1) is 6.10 Å². The smallest absolute Gasteiger partial charge is 0.251 e. The van der Waals surface area contributed by atoms with Gasteiger partial charge in [-0.05, 0) is 63.6 Å². The van der Waals surface area contributed by atoms with Crippen molar-refractivity contribution in [3.05, 3.63) is 59.7 Å². The number of benzene rings is 2. The summed E-state index contributed by atoms with van der Waals surface area (Å²) in [7, 11) is 0. The summed E-state index contributed by atoms with van der Waals surface area (Å²) in [5, 5.41) is 11.1. The van der Waals surface area contributed by atoms with E-state index in [1.807, 2.05) is 57.2 Å². The van der Waals surface area contributed by atoms with Gasteiger partial charge >= 0.3 is 0 Å². The van der Waals surface area contributed by atoms with Gasteiger partial charge in [-0.3, -0.25) is 4.79 Å². The molecule has 3 rings (SSSR count). The second-order valence-corrected chi connectivity index (χ2v) is 6.88. The fraction of sp³-hybridized carbons (Fsp3) is 0.318. The van der Waals surface area contributed by atoms with Crippen molar-refractivity contribution >= 4 is 5.91 Å². The molecule has 0 saturated heterocycles. The second-order valence-electron chi connectivity index (χ2n) is 6.88. The zero-order chi connectivity index (χ0) is 19.9. The normalized spacial score (nSPS) is 11.0. The lowest BCUT2D eigenvalue weighted by molar-refractivity contribution is 0.0757. The van der Waals surface area contributed by atoms with Crippen LogP contribution in [0.3, 0.4) is 0 Å². The van der Waals surface area contributed by atoms with Crippen LogP contribution in [0.5, 0.6) is 0 Å². The van der Waals surface area contributed by atoms with Crippen LogP contribution < -0.4 is 5.32 Å². The van der Waals surface area contributed by atoms with Crippen molar-refractivity contribution in [1.29, 1.82) is 0 Å². The highest BCUT2D eigenvalue weighted by atomic mass is 16.5. The topological polar surface area (TPSA) is 77.2 Å². The molecule has 2 aromatic carbocycles. The van der Waals surface area contributed by atoms with Gasteiger partial charge in [0, 0.05) is 29.8 Å². The SMILES string of the molecule is Cc1ccc(-c2nnc(-c3ccc(C(=O)NCCCOC(C)C)cc3)o2)cc1. The fourth-order valence-electron chi connectivity index (χ4n) is 2.61. The standard InChI is InChI=1S/C22H25N3O3/c1-15(2)27-14-4-13-23-20(26)17-9-11-19(12-10-17)22-25-24-21(28-22)18-7-5-16(3)6-8-18/h5-12,15H,4,13-14H2,1-3H3,(H,23,26). The maximum absolute atomic E-state index is 12.2. The highest BCUT2D eigenvalue weighted by Gasteiger charge is 2.11. The van der Waals surface area contributed by atoms with Crippen molar-refractivity contribution < 1.29 is 13.9 Å². The highest BCUT2D eigenvalue weighted by Crippen LogP contribution is 2.24. The molecule has 1 N–H and O–H groups in total. The lowest BCUT2D eigenvalue weighted by Gasteiger charge is -2.08. The van der Waals surface area contributed by atoms with Crippen molar-refractivity contribution in [3.63, 3.8) is 0 Å². The minimum atomic E-state index is -0.109. The van der Waals surface area contributed by atoms with E-state index in [2.05, 4.69) is 15.5 Å². The van der Waals surface area contributed by atoms with E-state index >= 15 is 0 Å². The molecule has 0 bridgehead atoms. The molecule has 1 heterocycles. The number of hydrogen-bond donors (Lipinski definition) is 1. The first-order valence-electron chi connectivity index (χ1n) is 9.43. The molecule has 3 aromatic rings. The fourth-order valence-corrected chi connectivity index (χ4v) is 2.61. The Kier molecular flexibility index (Phi) is 6.55. The summed E-state index contributed by atoms with van der Waals surface area (Å²) >= 11 is 0. The van der Waals surface area contributed by atoms with Crippen LogP contribution in [0.2, 0.25) is 0 Å². The molecular formula is C22H25N3O3. The number of nitrogens with one attached hydrogen (secondary N) is 1. The Balaban J connectivity index is 1.58. The number of ether oxygens (including phenoxy) is 1. The molecule has 0 unspecified atom stereocenters. The molecule has 0 spiro atoms. The first-order valence-corrected chi connectivity index (χ1v) is 9.43. The van der Waals surface area contributed by atoms with Crippen LogP contribution in [-0.4, -0.2) is 35.4 Å². The molecule has 0 aliphatic heterocycles. The third-order valence-corrected chi connectivity index (χ3v) is 4.18. The minimum absolute atomic E-state index is 0.109. The van der Waals surface area contributed by atoms with E-state index in [4.69, 9.17) is 9.15 Å². The van der Waals surface area contributed by atoms with Gasteiger partial charge in [0.1, 0.15) is 0 Å². The number of amides is 1. The Bertz CT molecular complexity index is 900. The molecule has 0 aliphatic rings. The van der Waals surface area contributed by atoms with Crippen LogP contribution in [-0.2, 0) is 4.74 Å². The molecule has 28 heavy (non-hydrogen) atoms. The number of hydrogen-bond acceptors (Lipinski definition) is 5. The summed E-state index contributed by atoms with van der Waals surface area (Å²) in [6.07, 6.45) is 0.991. The molecule has 0 fully saturated rings. The summed E-state index contributed by atoms with van der Waals surface area (Å²) in [4.78, 5) is 12.2. The molecule has 1 aromatic heterocycles. The third kappa shape index (κ3) is 5.27. The number of rotatable bonds is 8. The zero-order valence-electron chi connectivity index (χ0n) is 16.4. The average Bonchev–Trinajstić information content (AvgIpc) is 3.18. The number of aryl methyl sites for hydroxylation is 1. The van der Waals surface area contributed by atoms with Gasteiger partial charge in [-0.25, -0.2) is 0 Å². The molecule has 1 amide bonds. The molecule has 0 aliphatic carbocycles. The lowest BCUT2D eigenvalue weighted by Crippen LogP contribution is -2.25. The summed E-state index contributed by atoms with van der Waals surface area (Å²) < 4.78 is 11.2. The van der Waals surface area contributed by atoms with Crippen molar-refractivity contribution in [2.24, 2.45) is 0 Å². The van der Waals surface area contributed by atoms with Crippen LogP contribution in [0.4, 0.5) is 0 Å². The summed E-state index contributed by atoms with van der Waals surface area (Å²) in [5.41, 5.74) is 3.41. The van der Waals surface area contributed by atoms with Gasteiger partial charge in [0.15, 0.2) is 0 Å². The monoisotopic (exact) mass is 379 g/mol. The largest absolute Gasteiger partial charge is 0.416 e. The Labute approximate surface area is 164 Å². The third-order valence-electron chi connectivity index (χ3n) is 4.18. The molecule has 0 saturated carbocycles. The van der Waals surface area contributed by atoms with Crippen LogP contribution in [0, 0.1) is 6.92 Å². The van der Waals surface area contributed by atoms with Crippen molar-refractivity contribution in [2.45, 2.75) is 33.3 Å². The Morgan fingerprint density at radius 2 is 1.57 bits per heavy atom. The molecule has 6 heteroatoms. The van der Waals surface area contributed by atoms with Gasteiger partial charge < -0.3 is 14.5 Å². The van der Waals surface area contributed by atoms with E-state index in [1.165, 1.54) is 5.56 Å². The highest BCUT2D eigenvalue weighted by molar-refractivity contribution is 5.94. The molecule has 146 valence electrons. The van der Waals surface area contributed by atoms with E-state index in [-0.39, 0.29) is 12.0 Å². The van der Waals surface area contributed by atoms with E-state index in [1.54, 1.807) is 12.1 Å². The Morgan fingerprint density at radius 3 is 2.14 bits per heavy atom. The predicted octanol–water partition coefficient (Wildman–Crippen LogP) is 4.26. The molecule has 0 radical (unpaired) electrons. The lowest BCUT2D eigenvalue weighted by atomic mass is 10.1. The first kappa shape index (κ1) is 19.8. The van der Waals surface area contributed by atoms with Gasteiger partial charge in [-0.2, -0.15) is 0 Å². The van der Waals surface area contributed by atoms with Crippen LogP contribution in [0.25, 0.3) is 22.9 Å². The molecule has 6 nitrogen and oxygen atoms in total. The first-order chi connectivity index (χ1) is 13.5. The maximum Gasteiger partial charge on any atom is 0.251 e. The molecular weight excluding hydrogens is 354 g/mol. The van der Waals surface area contributed by atoms with Gasteiger partial charge in [0.25, 0.3) is 5.91 Å². The molecule has 0 atom stereocenters. The average molecular weight is 379 g/mol. The minimum Gasteiger partial charge on any atom is -0.416 e. The number of aromatic nitrogens is 2. The van der Waals surface area contributed by atoms with Crippen LogP contribution >= 0.6 is 0 Å². The van der Waals surface area contributed by atoms with Crippen LogP contribution in [0.1, 0.15) is 36.2 Å². The van der Waals surface area contributed by atoms with Gasteiger partial charge in [0.2, 0.25) is 11.8 Å². The predicted molar refractivity (Wildman–Crippen MR) is 108 cm³/mol. The van der Waals surface area contributed by atoms with E-state index in [0.717, 1.165) is 17.5 Å². The van der Waals surface area contributed by atoms with Crippen LogP contribution in [0.15, 0.2) is 52.9 Å². The number of carbonyl (C=O) groups is 1. The zero-order valence-corrected chi connectivity index (χ0v) is 16.4. The summed E-state index contributed by atoms with van der Waals surface area (Å²) in [6.45, 7) is 7.23.